The molecule has 1 heterocycles. The second kappa shape index (κ2) is 6.22. The summed E-state index contributed by atoms with van der Waals surface area (Å²) in [7, 11) is -3.80. The minimum Gasteiger partial charge on any atom is -0.384 e. The average Bonchev–Trinajstić information content (AvgIpc) is 2.80. The van der Waals surface area contributed by atoms with E-state index in [4.69, 9.17) is 5.11 Å². The molecule has 0 bridgehead atoms. The number of benzene rings is 1. The lowest BCUT2D eigenvalue weighted by atomic mass is 10.1. The number of nitrogens with zero attached hydrogens (tertiary/aromatic N) is 2. The normalized spacial score (nSPS) is 10.8. The summed E-state index contributed by atoms with van der Waals surface area (Å²) in [5, 5.41) is 17.1. The van der Waals surface area contributed by atoms with Crippen molar-refractivity contribution in [1.82, 2.24) is 10.2 Å². The van der Waals surface area contributed by atoms with Crippen LogP contribution in [0.3, 0.4) is 0 Å². The van der Waals surface area contributed by atoms with E-state index in [-0.39, 0.29) is 16.6 Å². The molecule has 1 aromatic heterocycles. The molecule has 1 aromatic carbocycles. The highest BCUT2D eigenvalue weighted by molar-refractivity contribution is 7.93. The van der Waals surface area contributed by atoms with Gasteiger partial charge in [-0.25, -0.2) is 8.42 Å². The zero-order valence-electron chi connectivity index (χ0n) is 11.4. The largest absolute Gasteiger partial charge is 0.384 e. The van der Waals surface area contributed by atoms with Gasteiger partial charge in [0.15, 0.2) is 0 Å². The fraction of sp³-hybridized carbons (Fsp3) is 0.231. The molecule has 0 saturated heterocycles. The molecule has 2 N–H and O–H groups in total. The van der Waals surface area contributed by atoms with Crippen LogP contribution in [0.15, 0.2) is 23.1 Å². The Kier molecular flexibility index (Phi) is 4.57. The van der Waals surface area contributed by atoms with Crippen molar-refractivity contribution in [2.45, 2.75) is 18.7 Å². The van der Waals surface area contributed by atoms with Gasteiger partial charge in [0, 0.05) is 5.56 Å². The molecular weight excluding hydrogens is 310 g/mol. The predicted octanol–water partition coefficient (Wildman–Crippen LogP) is 1.30. The van der Waals surface area contributed by atoms with Crippen molar-refractivity contribution >= 4 is 26.5 Å². The summed E-state index contributed by atoms with van der Waals surface area (Å²) in [6, 6.07) is 4.82. The summed E-state index contributed by atoms with van der Waals surface area (Å²) in [5.41, 5.74) is 1.21. The van der Waals surface area contributed by atoms with Gasteiger partial charge < -0.3 is 5.11 Å². The molecule has 8 heteroatoms. The maximum Gasteiger partial charge on any atom is 0.264 e. The Morgan fingerprint density at radius 1 is 1.33 bits per heavy atom. The summed E-state index contributed by atoms with van der Waals surface area (Å²) in [5.74, 6) is 5.11. The first-order valence-corrected chi connectivity index (χ1v) is 8.25. The number of hydrogen-bond donors (Lipinski definition) is 2. The van der Waals surface area contributed by atoms with Gasteiger partial charge >= 0.3 is 0 Å². The highest BCUT2D eigenvalue weighted by atomic mass is 32.2. The van der Waals surface area contributed by atoms with Crippen molar-refractivity contribution in [3.05, 3.63) is 34.3 Å². The number of aliphatic hydroxyl groups excluding tert-OH is 1. The third kappa shape index (κ3) is 3.78. The molecule has 0 saturated carbocycles. The van der Waals surface area contributed by atoms with E-state index in [1.807, 2.05) is 6.92 Å². The van der Waals surface area contributed by atoms with Crippen LogP contribution in [0.4, 0.5) is 5.13 Å². The molecule has 0 radical (unpaired) electrons. The lowest BCUT2D eigenvalue weighted by molar-refractivity contribution is 0.350. The fourth-order valence-electron chi connectivity index (χ4n) is 1.62. The number of rotatable bonds is 3. The van der Waals surface area contributed by atoms with E-state index < -0.39 is 10.0 Å². The summed E-state index contributed by atoms with van der Waals surface area (Å²) in [6.45, 7) is 3.23. The van der Waals surface area contributed by atoms with Crippen LogP contribution in [-0.2, 0) is 10.0 Å². The monoisotopic (exact) mass is 323 g/mol. The number of nitrogens with one attached hydrogen (secondary N) is 1. The Morgan fingerprint density at radius 3 is 2.71 bits per heavy atom. The zero-order valence-corrected chi connectivity index (χ0v) is 13.0. The minimum atomic E-state index is -3.80. The molecule has 0 aliphatic rings. The molecular formula is C13H13N3O3S2. The molecule has 0 aliphatic heterocycles. The van der Waals surface area contributed by atoms with Crippen molar-refractivity contribution in [2.75, 3.05) is 11.3 Å². The van der Waals surface area contributed by atoms with Crippen LogP contribution in [-0.4, -0.2) is 30.3 Å². The molecule has 6 nitrogen and oxygen atoms in total. The van der Waals surface area contributed by atoms with Gasteiger partial charge in [-0.15, -0.1) is 10.2 Å². The highest BCUT2D eigenvalue weighted by Crippen LogP contribution is 2.22. The maximum absolute atomic E-state index is 12.4. The highest BCUT2D eigenvalue weighted by Gasteiger charge is 2.19. The lowest BCUT2D eigenvalue weighted by Crippen LogP contribution is -2.14. The second-order valence-corrected chi connectivity index (χ2v) is 7.02. The quantitative estimate of drug-likeness (QED) is 0.831. The fourth-order valence-corrected chi connectivity index (χ4v) is 3.58. The van der Waals surface area contributed by atoms with Gasteiger partial charge in [-0.2, -0.15) is 0 Å². The Balaban J connectivity index is 2.44. The van der Waals surface area contributed by atoms with Gasteiger partial charge in [-0.3, -0.25) is 4.72 Å². The summed E-state index contributed by atoms with van der Waals surface area (Å²) >= 11 is 1.15. The van der Waals surface area contributed by atoms with Gasteiger partial charge in [0.1, 0.15) is 16.5 Å². The smallest absolute Gasteiger partial charge is 0.264 e. The molecule has 2 aromatic rings. The van der Waals surface area contributed by atoms with Crippen LogP contribution in [0, 0.1) is 25.7 Å². The number of aryl methyl sites for hydroxylation is 2. The molecule has 0 spiro atoms. The Hall–Kier alpha value is -1.95. The molecule has 2 rings (SSSR count). The van der Waals surface area contributed by atoms with Crippen LogP contribution in [0.1, 0.15) is 16.1 Å². The van der Waals surface area contributed by atoms with Gasteiger partial charge in [-0.05, 0) is 31.5 Å². The second-order valence-electron chi connectivity index (χ2n) is 4.19. The van der Waals surface area contributed by atoms with Gasteiger partial charge in [0.2, 0.25) is 5.13 Å². The van der Waals surface area contributed by atoms with Gasteiger partial charge in [0.05, 0.1) is 0 Å². The van der Waals surface area contributed by atoms with E-state index in [0.717, 1.165) is 16.9 Å². The Morgan fingerprint density at radius 2 is 2.10 bits per heavy atom. The number of aliphatic hydroxyl groups is 1. The van der Waals surface area contributed by atoms with E-state index in [1.54, 1.807) is 19.1 Å². The third-order valence-corrected chi connectivity index (χ3v) is 4.75. The summed E-state index contributed by atoms with van der Waals surface area (Å²) < 4.78 is 27.2. The van der Waals surface area contributed by atoms with E-state index in [0.29, 0.717) is 10.6 Å². The Bertz CT molecular complexity index is 817. The molecule has 0 fully saturated rings. The number of anilines is 1. The first-order chi connectivity index (χ1) is 9.92. The number of aromatic nitrogens is 2. The lowest BCUT2D eigenvalue weighted by Gasteiger charge is -2.07. The van der Waals surface area contributed by atoms with Crippen LogP contribution >= 0.6 is 11.3 Å². The number of sulfonamides is 1. The average molecular weight is 323 g/mol. The predicted molar refractivity (Wildman–Crippen MR) is 80.6 cm³/mol. The molecule has 0 unspecified atom stereocenters. The zero-order chi connectivity index (χ0) is 15.5. The first kappa shape index (κ1) is 15.4. The van der Waals surface area contributed by atoms with E-state index in [9.17, 15) is 8.42 Å². The standard InChI is InChI=1S/C13H13N3O3S2/c1-9-5-6-12(11(8-9)4-3-7-17)21(18,19)16-13-15-14-10(2)20-13/h5-6,8,17H,7H2,1-2H3,(H,15,16). The summed E-state index contributed by atoms with van der Waals surface area (Å²) in [4.78, 5) is 0.0434. The van der Waals surface area contributed by atoms with E-state index >= 15 is 0 Å². The first-order valence-electron chi connectivity index (χ1n) is 5.95. The molecule has 21 heavy (non-hydrogen) atoms. The maximum atomic E-state index is 12.4. The van der Waals surface area contributed by atoms with Crippen molar-refractivity contribution in [3.63, 3.8) is 0 Å². The van der Waals surface area contributed by atoms with Gasteiger partial charge in [-0.1, -0.05) is 29.2 Å². The van der Waals surface area contributed by atoms with Crippen LogP contribution in [0.5, 0.6) is 0 Å². The molecule has 0 aliphatic carbocycles. The van der Waals surface area contributed by atoms with Gasteiger partial charge in [0.25, 0.3) is 10.0 Å². The molecule has 110 valence electrons. The van der Waals surface area contributed by atoms with Crippen LogP contribution in [0.25, 0.3) is 0 Å². The minimum absolute atomic E-state index is 0.0434. The number of hydrogen-bond acceptors (Lipinski definition) is 6. The molecule has 0 amide bonds. The SMILES string of the molecule is Cc1ccc(S(=O)(=O)Nc2nnc(C)s2)c(C#CCO)c1. The topological polar surface area (TPSA) is 92.2 Å². The van der Waals surface area contributed by atoms with Crippen LogP contribution in [0.2, 0.25) is 0 Å². The van der Waals surface area contributed by atoms with E-state index in [1.165, 1.54) is 6.07 Å². The van der Waals surface area contributed by atoms with Crippen molar-refractivity contribution in [1.29, 1.82) is 0 Å². The molecule has 0 atom stereocenters. The van der Waals surface area contributed by atoms with E-state index in [2.05, 4.69) is 26.8 Å². The Labute approximate surface area is 126 Å². The van der Waals surface area contributed by atoms with Crippen molar-refractivity contribution < 1.29 is 13.5 Å². The summed E-state index contributed by atoms with van der Waals surface area (Å²) in [6.07, 6.45) is 0. The van der Waals surface area contributed by atoms with Crippen molar-refractivity contribution in [3.8, 4) is 11.8 Å². The van der Waals surface area contributed by atoms with Crippen LogP contribution < -0.4 is 4.72 Å². The van der Waals surface area contributed by atoms with Crippen molar-refractivity contribution in [2.24, 2.45) is 0 Å². The third-order valence-electron chi connectivity index (χ3n) is 2.47.